The van der Waals surface area contributed by atoms with Crippen molar-refractivity contribution in [2.75, 3.05) is 7.11 Å². The number of hydrogen-bond acceptors (Lipinski definition) is 3. The molecule has 0 fully saturated rings. The summed E-state index contributed by atoms with van der Waals surface area (Å²) in [6, 6.07) is 0. The lowest BCUT2D eigenvalue weighted by Crippen LogP contribution is -2.16. The van der Waals surface area contributed by atoms with E-state index in [-0.39, 0.29) is 18.3 Å². The second-order valence-corrected chi connectivity index (χ2v) is 3.12. The Morgan fingerprint density at radius 1 is 1.46 bits per heavy atom. The van der Waals surface area contributed by atoms with Crippen molar-refractivity contribution in [3.63, 3.8) is 0 Å². The Labute approximate surface area is 79.5 Å². The van der Waals surface area contributed by atoms with Crippen LogP contribution >= 0.6 is 0 Å². The average Bonchev–Trinajstić information content (AvgIpc) is 2.16. The highest BCUT2D eigenvalue weighted by molar-refractivity contribution is 5.75. The molecule has 0 aliphatic rings. The van der Waals surface area contributed by atoms with Crippen LogP contribution in [0.2, 0.25) is 0 Å². The normalized spacial score (nSPS) is 12.2. The molecule has 76 valence electrons. The summed E-state index contributed by atoms with van der Waals surface area (Å²) in [5.74, 6) is -0.489. The molecule has 13 heavy (non-hydrogen) atoms. The highest BCUT2D eigenvalue weighted by atomic mass is 16.5. The van der Waals surface area contributed by atoms with Crippen molar-refractivity contribution in [1.29, 1.82) is 0 Å². The molecule has 0 radical (unpaired) electrons. The lowest BCUT2D eigenvalue weighted by molar-refractivity contribution is -0.146. The summed E-state index contributed by atoms with van der Waals surface area (Å²) in [7, 11) is 1.36. The van der Waals surface area contributed by atoms with Crippen LogP contribution in [0.25, 0.3) is 0 Å². The Morgan fingerprint density at radius 3 is 2.62 bits per heavy atom. The van der Waals surface area contributed by atoms with E-state index in [2.05, 4.69) is 11.7 Å². The van der Waals surface area contributed by atoms with Crippen LogP contribution in [-0.4, -0.2) is 19.4 Å². The third kappa shape index (κ3) is 5.39. The van der Waals surface area contributed by atoms with Crippen molar-refractivity contribution in [3.8, 4) is 0 Å². The summed E-state index contributed by atoms with van der Waals surface area (Å²) < 4.78 is 4.60. The van der Waals surface area contributed by atoms with Crippen LogP contribution in [0.1, 0.15) is 39.0 Å². The molecule has 0 bridgehead atoms. The summed E-state index contributed by atoms with van der Waals surface area (Å²) in [4.78, 5) is 21.4. The number of rotatable bonds is 7. The summed E-state index contributed by atoms with van der Waals surface area (Å²) in [6.45, 7) is 2.10. The molecule has 0 amide bonds. The maximum absolute atomic E-state index is 11.1. The summed E-state index contributed by atoms with van der Waals surface area (Å²) >= 11 is 0. The number of unbranched alkanes of at least 4 members (excludes halogenated alkanes) is 2. The number of ether oxygens (including phenoxy) is 1. The van der Waals surface area contributed by atoms with Gasteiger partial charge in [-0.05, 0) is 6.42 Å². The Balaban J connectivity index is 3.79. The first-order valence-corrected chi connectivity index (χ1v) is 4.77. The fourth-order valence-electron chi connectivity index (χ4n) is 1.26. The van der Waals surface area contributed by atoms with E-state index in [1.54, 1.807) is 0 Å². The first-order valence-electron chi connectivity index (χ1n) is 4.77. The van der Waals surface area contributed by atoms with Gasteiger partial charge >= 0.3 is 5.97 Å². The van der Waals surface area contributed by atoms with E-state index in [0.29, 0.717) is 0 Å². The number of methoxy groups -OCH3 is 1. The molecule has 0 heterocycles. The van der Waals surface area contributed by atoms with Gasteiger partial charge in [0, 0.05) is 6.42 Å². The largest absolute Gasteiger partial charge is 0.469 e. The predicted octanol–water partition coefficient (Wildman–Crippen LogP) is 1.94. The maximum atomic E-state index is 11.1. The molecular formula is C10H18O3. The minimum Gasteiger partial charge on any atom is -0.469 e. The fraction of sp³-hybridized carbons (Fsp3) is 0.800. The van der Waals surface area contributed by atoms with E-state index in [0.717, 1.165) is 32.0 Å². The van der Waals surface area contributed by atoms with Crippen molar-refractivity contribution in [1.82, 2.24) is 0 Å². The van der Waals surface area contributed by atoms with Crippen molar-refractivity contribution < 1.29 is 14.3 Å². The lowest BCUT2D eigenvalue weighted by Gasteiger charge is -2.10. The van der Waals surface area contributed by atoms with Gasteiger partial charge in [-0.25, -0.2) is 0 Å². The Kier molecular flexibility index (Phi) is 7.26. The summed E-state index contributed by atoms with van der Waals surface area (Å²) in [5.41, 5.74) is 0. The zero-order valence-electron chi connectivity index (χ0n) is 8.41. The molecule has 3 nitrogen and oxygen atoms in total. The molecular weight excluding hydrogens is 168 g/mol. The molecule has 0 aliphatic carbocycles. The van der Waals surface area contributed by atoms with Crippen LogP contribution in [0.3, 0.4) is 0 Å². The molecule has 0 spiro atoms. The monoisotopic (exact) mass is 186 g/mol. The van der Waals surface area contributed by atoms with Crippen molar-refractivity contribution in [2.45, 2.75) is 39.0 Å². The fourth-order valence-corrected chi connectivity index (χ4v) is 1.26. The molecule has 0 aliphatic heterocycles. The Morgan fingerprint density at radius 2 is 2.15 bits per heavy atom. The van der Waals surface area contributed by atoms with Gasteiger partial charge in [-0.1, -0.05) is 26.2 Å². The maximum Gasteiger partial charge on any atom is 0.309 e. The topological polar surface area (TPSA) is 43.4 Å². The van der Waals surface area contributed by atoms with Crippen LogP contribution in [0, 0.1) is 5.92 Å². The van der Waals surface area contributed by atoms with E-state index in [4.69, 9.17) is 0 Å². The van der Waals surface area contributed by atoms with Crippen molar-refractivity contribution >= 4 is 12.3 Å². The smallest absolute Gasteiger partial charge is 0.309 e. The highest BCUT2D eigenvalue weighted by Crippen LogP contribution is 2.14. The molecule has 0 aromatic carbocycles. The minimum atomic E-state index is -0.261. The SMILES string of the molecule is CCCCCC(CC=O)C(=O)OC. The summed E-state index contributed by atoms with van der Waals surface area (Å²) in [5, 5.41) is 0. The van der Waals surface area contributed by atoms with Gasteiger partial charge in [0.15, 0.2) is 0 Å². The van der Waals surface area contributed by atoms with Gasteiger partial charge in [-0.2, -0.15) is 0 Å². The second kappa shape index (κ2) is 7.77. The van der Waals surface area contributed by atoms with Gasteiger partial charge in [-0.15, -0.1) is 0 Å². The third-order valence-electron chi connectivity index (χ3n) is 2.07. The molecule has 0 aromatic rings. The molecule has 3 heteroatoms. The Hall–Kier alpha value is -0.860. The van der Waals surface area contributed by atoms with Crippen LogP contribution in [0.4, 0.5) is 0 Å². The number of aldehydes is 1. The number of hydrogen-bond donors (Lipinski definition) is 0. The van der Waals surface area contributed by atoms with E-state index in [1.165, 1.54) is 7.11 Å². The van der Waals surface area contributed by atoms with Crippen LogP contribution in [0.5, 0.6) is 0 Å². The van der Waals surface area contributed by atoms with E-state index >= 15 is 0 Å². The number of carbonyl (C=O) groups is 2. The van der Waals surface area contributed by atoms with E-state index < -0.39 is 0 Å². The summed E-state index contributed by atoms with van der Waals surface area (Å²) in [6.07, 6.45) is 5.05. The minimum absolute atomic E-state index is 0.228. The lowest BCUT2D eigenvalue weighted by atomic mass is 9.99. The molecule has 0 saturated heterocycles. The first-order chi connectivity index (χ1) is 6.26. The highest BCUT2D eigenvalue weighted by Gasteiger charge is 2.17. The number of esters is 1. The van der Waals surface area contributed by atoms with Gasteiger partial charge in [0.25, 0.3) is 0 Å². The van der Waals surface area contributed by atoms with Crippen molar-refractivity contribution in [2.24, 2.45) is 5.92 Å². The Bertz CT molecular complexity index is 154. The third-order valence-corrected chi connectivity index (χ3v) is 2.07. The average molecular weight is 186 g/mol. The standard InChI is InChI=1S/C10H18O3/c1-3-4-5-6-9(7-8-11)10(12)13-2/h8-9H,3-7H2,1-2H3. The number of carbonyl (C=O) groups excluding carboxylic acids is 2. The van der Waals surface area contributed by atoms with Crippen molar-refractivity contribution in [3.05, 3.63) is 0 Å². The van der Waals surface area contributed by atoms with Crippen LogP contribution in [0.15, 0.2) is 0 Å². The zero-order valence-corrected chi connectivity index (χ0v) is 8.41. The molecule has 0 N–H and O–H groups in total. The zero-order chi connectivity index (χ0) is 10.1. The molecule has 0 aromatic heterocycles. The predicted molar refractivity (Wildman–Crippen MR) is 50.3 cm³/mol. The quantitative estimate of drug-likeness (QED) is 0.347. The van der Waals surface area contributed by atoms with Gasteiger partial charge in [0.05, 0.1) is 13.0 Å². The second-order valence-electron chi connectivity index (χ2n) is 3.12. The molecule has 0 rings (SSSR count). The van der Waals surface area contributed by atoms with Gasteiger partial charge in [0.1, 0.15) is 6.29 Å². The van der Waals surface area contributed by atoms with E-state index in [9.17, 15) is 9.59 Å². The van der Waals surface area contributed by atoms with Gasteiger partial charge < -0.3 is 9.53 Å². The van der Waals surface area contributed by atoms with Crippen LogP contribution in [-0.2, 0) is 14.3 Å². The van der Waals surface area contributed by atoms with Gasteiger partial charge in [0.2, 0.25) is 0 Å². The molecule has 1 unspecified atom stereocenters. The molecule has 1 atom stereocenters. The van der Waals surface area contributed by atoms with E-state index in [1.807, 2.05) is 0 Å². The molecule has 0 saturated carbocycles. The first kappa shape index (κ1) is 12.1. The van der Waals surface area contributed by atoms with Crippen LogP contribution < -0.4 is 0 Å². The van der Waals surface area contributed by atoms with Gasteiger partial charge in [-0.3, -0.25) is 4.79 Å².